The van der Waals surface area contributed by atoms with Crippen LogP contribution in [-0.2, 0) is 9.53 Å². The average Bonchev–Trinajstić information content (AvgIpc) is 2.19. The van der Waals surface area contributed by atoms with Crippen LogP contribution in [0, 0.1) is 5.92 Å². The number of amides is 1. The molecule has 1 amide bonds. The van der Waals surface area contributed by atoms with Crippen molar-refractivity contribution in [1.82, 2.24) is 4.90 Å². The summed E-state index contributed by atoms with van der Waals surface area (Å²) in [7, 11) is 0. The molecule has 0 unspecified atom stereocenters. The monoisotopic (exact) mass is 200 g/mol. The normalized spacial score (nSPS) is 21.8. The van der Waals surface area contributed by atoms with Crippen molar-refractivity contribution in [2.24, 2.45) is 11.7 Å². The van der Waals surface area contributed by atoms with Crippen LogP contribution < -0.4 is 5.73 Å². The molecule has 2 N–H and O–H groups in total. The van der Waals surface area contributed by atoms with Gasteiger partial charge < -0.3 is 15.4 Å². The lowest BCUT2D eigenvalue weighted by molar-refractivity contribution is -0.136. The molecule has 4 nitrogen and oxygen atoms in total. The molecule has 1 fully saturated rings. The van der Waals surface area contributed by atoms with Gasteiger partial charge in [0, 0.05) is 25.6 Å². The van der Waals surface area contributed by atoms with E-state index in [9.17, 15) is 4.79 Å². The fourth-order valence-corrected chi connectivity index (χ4v) is 1.40. The van der Waals surface area contributed by atoms with E-state index in [0.29, 0.717) is 19.6 Å². The molecule has 0 aliphatic carbocycles. The first kappa shape index (κ1) is 11.5. The summed E-state index contributed by atoms with van der Waals surface area (Å²) in [5, 5.41) is 0. The average molecular weight is 200 g/mol. The van der Waals surface area contributed by atoms with Crippen LogP contribution >= 0.6 is 0 Å². The SMILES string of the molecule is C[C@H](N)[C@H](C)CC(=O)N1CCOCC1. The van der Waals surface area contributed by atoms with Gasteiger partial charge in [-0.3, -0.25) is 4.79 Å². The Morgan fingerprint density at radius 3 is 2.50 bits per heavy atom. The van der Waals surface area contributed by atoms with Gasteiger partial charge in [-0.05, 0) is 12.8 Å². The molecule has 1 rings (SSSR count). The van der Waals surface area contributed by atoms with E-state index in [1.54, 1.807) is 0 Å². The van der Waals surface area contributed by atoms with E-state index in [1.807, 2.05) is 18.7 Å². The Hall–Kier alpha value is -0.610. The highest BCUT2D eigenvalue weighted by molar-refractivity contribution is 5.76. The van der Waals surface area contributed by atoms with Crippen molar-refractivity contribution in [2.75, 3.05) is 26.3 Å². The van der Waals surface area contributed by atoms with Gasteiger partial charge in [0.1, 0.15) is 0 Å². The fourth-order valence-electron chi connectivity index (χ4n) is 1.40. The molecule has 0 bridgehead atoms. The van der Waals surface area contributed by atoms with Gasteiger partial charge in [-0.15, -0.1) is 0 Å². The second-order valence-electron chi connectivity index (χ2n) is 4.03. The lowest BCUT2D eigenvalue weighted by atomic mass is 10.00. The molecule has 0 aromatic heterocycles. The number of hydrogen-bond acceptors (Lipinski definition) is 3. The maximum Gasteiger partial charge on any atom is 0.223 e. The van der Waals surface area contributed by atoms with Gasteiger partial charge in [-0.25, -0.2) is 0 Å². The smallest absolute Gasteiger partial charge is 0.223 e. The summed E-state index contributed by atoms with van der Waals surface area (Å²) in [5.41, 5.74) is 5.72. The Bertz CT molecular complexity index is 189. The van der Waals surface area contributed by atoms with Crippen LogP contribution in [-0.4, -0.2) is 43.2 Å². The third-order valence-corrected chi connectivity index (χ3v) is 2.76. The Kier molecular flexibility index (Phi) is 4.35. The number of nitrogens with zero attached hydrogens (tertiary/aromatic N) is 1. The van der Waals surface area contributed by atoms with Crippen LogP contribution in [0.3, 0.4) is 0 Å². The van der Waals surface area contributed by atoms with Crippen LogP contribution in [0.2, 0.25) is 0 Å². The van der Waals surface area contributed by atoms with Gasteiger partial charge in [0.15, 0.2) is 0 Å². The second kappa shape index (κ2) is 5.32. The van der Waals surface area contributed by atoms with Crippen molar-refractivity contribution in [1.29, 1.82) is 0 Å². The molecular weight excluding hydrogens is 180 g/mol. The highest BCUT2D eigenvalue weighted by Gasteiger charge is 2.20. The maximum atomic E-state index is 11.7. The van der Waals surface area contributed by atoms with E-state index in [-0.39, 0.29) is 17.9 Å². The number of morpholine rings is 1. The van der Waals surface area contributed by atoms with E-state index in [0.717, 1.165) is 13.1 Å². The Balaban J connectivity index is 2.33. The van der Waals surface area contributed by atoms with Crippen LogP contribution in [0.4, 0.5) is 0 Å². The summed E-state index contributed by atoms with van der Waals surface area (Å²) >= 11 is 0. The van der Waals surface area contributed by atoms with Crippen molar-refractivity contribution >= 4 is 5.91 Å². The molecule has 2 atom stereocenters. The minimum absolute atomic E-state index is 0.0833. The fraction of sp³-hybridized carbons (Fsp3) is 0.900. The molecule has 1 aliphatic heterocycles. The molecule has 0 aromatic carbocycles. The zero-order valence-corrected chi connectivity index (χ0v) is 9.03. The molecule has 1 saturated heterocycles. The minimum Gasteiger partial charge on any atom is -0.378 e. The molecule has 4 heteroatoms. The number of rotatable bonds is 3. The highest BCUT2D eigenvalue weighted by Crippen LogP contribution is 2.09. The van der Waals surface area contributed by atoms with Gasteiger partial charge in [0.25, 0.3) is 0 Å². The number of ether oxygens (including phenoxy) is 1. The van der Waals surface area contributed by atoms with Crippen molar-refractivity contribution in [3.63, 3.8) is 0 Å². The second-order valence-corrected chi connectivity index (χ2v) is 4.03. The first-order chi connectivity index (χ1) is 6.61. The largest absolute Gasteiger partial charge is 0.378 e. The molecule has 0 radical (unpaired) electrons. The molecule has 82 valence electrons. The van der Waals surface area contributed by atoms with Crippen molar-refractivity contribution < 1.29 is 9.53 Å². The maximum absolute atomic E-state index is 11.7. The number of carbonyl (C=O) groups is 1. The topological polar surface area (TPSA) is 55.6 Å². The van der Waals surface area contributed by atoms with E-state index in [2.05, 4.69) is 0 Å². The summed E-state index contributed by atoms with van der Waals surface area (Å²) in [6.07, 6.45) is 0.553. The molecular formula is C10H20N2O2. The highest BCUT2D eigenvalue weighted by atomic mass is 16.5. The standard InChI is InChI=1S/C10H20N2O2/c1-8(9(2)11)7-10(13)12-3-5-14-6-4-12/h8-9H,3-7,11H2,1-2H3/t8-,9+/m1/s1. The number of carbonyl (C=O) groups excluding carboxylic acids is 1. The lowest BCUT2D eigenvalue weighted by Crippen LogP contribution is -2.42. The lowest BCUT2D eigenvalue weighted by Gasteiger charge is -2.28. The van der Waals surface area contributed by atoms with Crippen LogP contribution in [0.1, 0.15) is 20.3 Å². The molecule has 1 aliphatic rings. The van der Waals surface area contributed by atoms with Crippen LogP contribution in [0.5, 0.6) is 0 Å². The Labute approximate surface area is 85.4 Å². The molecule has 1 heterocycles. The number of hydrogen-bond donors (Lipinski definition) is 1. The summed E-state index contributed by atoms with van der Waals surface area (Å²) in [4.78, 5) is 13.6. The van der Waals surface area contributed by atoms with Gasteiger partial charge in [-0.1, -0.05) is 6.92 Å². The van der Waals surface area contributed by atoms with Gasteiger partial charge in [0.05, 0.1) is 13.2 Å². The van der Waals surface area contributed by atoms with E-state index < -0.39 is 0 Å². The van der Waals surface area contributed by atoms with Crippen LogP contribution in [0.25, 0.3) is 0 Å². The molecule has 0 spiro atoms. The summed E-state index contributed by atoms with van der Waals surface area (Å²) in [6, 6.07) is 0.0833. The quantitative estimate of drug-likeness (QED) is 0.709. The predicted molar refractivity (Wildman–Crippen MR) is 54.8 cm³/mol. The Morgan fingerprint density at radius 1 is 1.43 bits per heavy atom. The zero-order valence-electron chi connectivity index (χ0n) is 9.03. The first-order valence-electron chi connectivity index (χ1n) is 5.22. The summed E-state index contributed by atoms with van der Waals surface area (Å²) < 4.78 is 5.18. The minimum atomic E-state index is 0.0833. The first-order valence-corrected chi connectivity index (χ1v) is 5.22. The van der Waals surface area contributed by atoms with Crippen LogP contribution in [0.15, 0.2) is 0 Å². The van der Waals surface area contributed by atoms with Crippen molar-refractivity contribution in [2.45, 2.75) is 26.3 Å². The van der Waals surface area contributed by atoms with E-state index in [1.165, 1.54) is 0 Å². The van der Waals surface area contributed by atoms with Gasteiger partial charge in [0.2, 0.25) is 5.91 Å². The van der Waals surface area contributed by atoms with E-state index >= 15 is 0 Å². The number of nitrogens with two attached hydrogens (primary N) is 1. The van der Waals surface area contributed by atoms with Gasteiger partial charge in [-0.2, -0.15) is 0 Å². The molecule has 14 heavy (non-hydrogen) atoms. The van der Waals surface area contributed by atoms with E-state index in [4.69, 9.17) is 10.5 Å². The third kappa shape index (κ3) is 3.27. The molecule has 0 aromatic rings. The predicted octanol–water partition coefficient (Wildman–Crippen LogP) is 0.219. The van der Waals surface area contributed by atoms with Crippen molar-refractivity contribution in [3.8, 4) is 0 Å². The summed E-state index contributed by atoms with van der Waals surface area (Å²) in [6.45, 7) is 6.74. The molecule has 0 saturated carbocycles. The van der Waals surface area contributed by atoms with Crippen molar-refractivity contribution in [3.05, 3.63) is 0 Å². The third-order valence-electron chi connectivity index (χ3n) is 2.76. The van der Waals surface area contributed by atoms with Gasteiger partial charge >= 0.3 is 0 Å². The summed E-state index contributed by atoms with van der Waals surface area (Å²) in [5.74, 6) is 0.462. The zero-order chi connectivity index (χ0) is 10.6. The Morgan fingerprint density at radius 2 is 2.00 bits per heavy atom.